The second-order valence-corrected chi connectivity index (χ2v) is 4.83. The molecule has 1 saturated carbocycles. The van der Waals surface area contributed by atoms with Gasteiger partial charge in [-0.3, -0.25) is 4.90 Å². The van der Waals surface area contributed by atoms with Gasteiger partial charge < -0.3 is 9.84 Å². The summed E-state index contributed by atoms with van der Waals surface area (Å²) in [6.07, 6.45) is 3.89. The predicted octanol–water partition coefficient (Wildman–Crippen LogP) is 0.962. The summed E-state index contributed by atoms with van der Waals surface area (Å²) in [6, 6.07) is 0.442. The maximum atomic E-state index is 10.3. The lowest BCUT2D eigenvalue weighted by atomic mass is 10.0. The Hall–Kier alpha value is -0.610. The lowest BCUT2D eigenvalue weighted by Gasteiger charge is -2.21. The average Bonchev–Trinajstić information content (AvgIpc) is 2.82. The maximum Gasteiger partial charge on any atom is 0.329 e. The van der Waals surface area contributed by atoms with Crippen LogP contribution >= 0.6 is 0 Å². The summed E-state index contributed by atoms with van der Waals surface area (Å²) < 4.78 is 5.19. The lowest BCUT2D eigenvalue weighted by Crippen LogP contribution is -2.33. The van der Waals surface area contributed by atoms with E-state index in [-0.39, 0.29) is 6.61 Å². The smallest absolute Gasteiger partial charge is 0.329 e. The Kier molecular flexibility index (Phi) is 2.98. The first-order valence-electron chi connectivity index (χ1n) is 5.69. The summed E-state index contributed by atoms with van der Waals surface area (Å²) in [5, 5.41) is 8.49. The van der Waals surface area contributed by atoms with Crippen LogP contribution in [0, 0.1) is 5.41 Å². The highest BCUT2D eigenvalue weighted by molar-refractivity contribution is 5.67. The Morgan fingerprint density at radius 2 is 2.33 bits per heavy atom. The van der Waals surface area contributed by atoms with Crippen LogP contribution < -0.4 is 0 Å². The third kappa shape index (κ3) is 2.49. The third-order valence-corrected chi connectivity index (χ3v) is 3.62. The molecule has 2 aliphatic rings. The first kappa shape index (κ1) is 10.9. The molecule has 0 aromatic rings. The minimum atomic E-state index is -0.878. The van der Waals surface area contributed by atoms with E-state index in [4.69, 9.17) is 9.84 Å². The molecule has 2 fully saturated rings. The SMILES string of the molecule is CCN1CC2(CC2)C[C@H]1COCC(=O)O. The average molecular weight is 213 g/mol. The molecule has 2 rings (SSSR count). The summed E-state index contributed by atoms with van der Waals surface area (Å²) in [7, 11) is 0. The predicted molar refractivity (Wildman–Crippen MR) is 55.8 cm³/mol. The van der Waals surface area contributed by atoms with Crippen LogP contribution in [0.1, 0.15) is 26.2 Å². The van der Waals surface area contributed by atoms with Crippen molar-refractivity contribution in [1.82, 2.24) is 4.90 Å². The second-order valence-electron chi connectivity index (χ2n) is 4.83. The Morgan fingerprint density at radius 3 is 2.87 bits per heavy atom. The molecule has 0 aromatic heterocycles. The summed E-state index contributed by atoms with van der Waals surface area (Å²) in [5.74, 6) is -0.878. The van der Waals surface area contributed by atoms with Crippen molar-refractivity contribution in [3.05, 3.63) is 0 Å². The van der Waals surface area contributed by atoms with Gasteiger partial charge in [0.25, 0.3) is 0 Å². The molecule has 1 heterocycles. The largest absolute Gasteiger partial charge is 0.480 e. The zero-order valence-corrected chi connectivity index (χ0v) is 9.24. The van der Waals surface area contributed by atoms with E-state index in [1.807, 2.05) is 0 Å². The van der Waals surface area contributed by atoms with Crippen LogP contribution in [0.15, 0.2) is 0 Å². The zero-order chi connectivity index (χ0) is 10.9. The molecule has 4 heteroatoms. The fourth-order valence-corrected chi connectivity index (χ4v) is 2.61. The number of likely N-dealkylation sites (tertiary alicyclic amines) is 1. The molecule has 0 unspecified atom stereocenters. The van der Waals surface area contributed by atoms with Gasteiger partial charge in [-0.25, -0.2) is 4.79 Å². The molecule has 0 amide bonds. The van der Waals surface area contributed by atoms with Crippen LogP contribution in [-0.4, -0.2) is 48.3 Å². The molecule has 1 saturated heterocycles. The minimum Gasteiger partial charge on any atom is -0.480 e. The summed E-state index contributed by atoms with van der Waals surface area (Å²) in [4.78, 5) is 12.8. The standard InChI is InChI=1S/C11H19NO3/c1-2-12-8-11(3-4-11)5-9(12)6-15-7-10(13)14/h9H,2-8H2,1H3,(H,13,14)/t9-/m0/s1. The van der Waals surface area contributed by atoms with Gasteiger partial charge in [0, 0.05) is 12.6 Å². The monoisotopic (exact) mass is 213 g/mol. The third-order valence-electron chi connectivity index (χ3n) is 3.62. The molecular weight excluding hydrogens is 194 g/mol. The Labute approximate surface area is 90.2 Å². The van der Waals surface area contributed by atoms with Crippen molar-refractivity contribution in [2.45, 2.75) is 32.2 Å². The van der Waals surface area contributed by atoms with Gasteiger partial charge in [0.2, 0.25) is 0 Å². The Balaban J connectivity index is 1.78. The highest BCUT2D eigenvalue weighted by Gasteiger charge is 2.51. The van der Waals surface area contributed by atoms with Gasteiger partial charge in [-0.1, -0.05) is 6.92 Å². The number of likely N-dealkylation sites (N-methyl/N-ethyl adjacent to an activating group) is 1. The summed E-state index contributed by atoms with van der Waals surface area (Å²) >= 11 is 0. The van der Waals surface area contributed by atoms with Crippen molar-refractivity contribution < 1.29 is 14.6 Å². The first-order valence-corrected chi connectivity index (χ1v) is 5.69. The number of aliphatic carboxylic acids is 1. The first-order chi connectivity index (χ1) is 7.15. The van der Waals surface area contributed by atoms with Crippen LogP contribution in [0.5, 0.6) is 0 Å². The van der Waals surface area contributed by atoms with E-state index in [9.17, 15) is 4.79 Å². The van der Waals surface area contributed by atoms with E-state index in [0.29, 0.717) is 18.1 Å². The van der Waals surface area contributed by atoms with Crippen molar-refractivity contribution in [2.24, 2.45) is 5.41 Å². The number of carbonyl (C=O) groups is 1. The minimum absolute atomic E-state index is 0.166. The van der Waals surface area contributed by atoms with Gasteiger partial charge in [-0.2, -0.15) is 0 Å². The molecule has 15 heavy (non-hydrogen) atoms. The van der Waals surface area contributed by atoms with Crippen molar-refractivity contribution in [1.29, 1.82) is 0 Å². The van der Waals surface area contributed by atoms with E-state index in [1.54, 1.807) is 0 Å². The molecular formula is C11H19NO3. The normalized spacial score (nSPS) is 28.5. The maximum absolute atomic E-state index is 10.3. The van der Waals surface area contributed by atoms with Crippen LogP contribution in [0.25, 0.3) is 0 Å². The van der Waals surface area contributed by atoms with E-state index in [1.165, 1.54) is 25.8 Å². The van der Waals surface area contributed by atoms with Gasteiger partial charge in [0.15, 0.2) is 0 Å². The van der Waals surface area contributed by atoms with Gasteiger partial charge >= 0.3 is 5.97 Å². The second kappa shape index (κ2) is 4.10. The van der Waals surface area contributed by atoms with Gasteiger partial charge in [-0.05, 0) is 31.2 Å². The van der Waals surface area contributed by atoms with E-state index in [2.05, 4.69) is 11.8 Å². The number of hydrogen-bond donors (Lipinski definition) is 1. The van der Waals surface area contributed by atoms with E-state index >= 15 is 0 Å². The molecule has 86 valence electrons. The van der Waals surface area contributed by atoms with E-state index in [0.717, 1.165) is 6.54 Å². The lowest BCUT2D eigenvalue weighted by molar-refractivity contribution is -0.142. The Bertz CT molecular complexity index is 250. The fourth-order valence-electron chi connectivity index (χ4n) is 2.61. The van der Waals surface area contributed by atoms with E-state index < -0.39 is 5.97 Å². The quantitative estimate of drug-likeness (QED) is 0.739. The highest BCUT2D eigenvalue weighted by atomic mass is 16.5. The van der Waals surface area contributed by atoms with Crippen LogP contribution in [0.2, 0.25) is 0 Å². The van der Waals surface area contributed by atoms with Crippen molar-refractivity contribution in [2.75, 3.05) is 26.3 Å². The molecule has 1 spiro atoms. The summed E-state index contributed by atoms with van der Waals surface area (Å²) in [6.45, 7) is 4.79. The van der Waals surface area contributed by atoms with Crippen LogP contribution in [0.3, 0.4) is 0 Å². The molecule has 0 radical (unpaired) electrons. The topological polar surface area (TPSA) is 49.8 Å². The van der Waals surface area contributed by atoms with Crippen LogP contribution in [0.4, 0.5) is 0 Å². The molecule has 0 bridgehead atoms. The Morgan fingerprint density at radius 1 is 1.60 bits per heavy atom. The number of ether oxygens (including phenoxy) is 1. The molecule has 1 N–H and O–H groups in total. The fraction of sp³-hybridized carbons (Fsp3) is 0.909. The molecule has 1 aliphatic carbocycles. The van der Waals surface area contributed by atoms with Crippen molar-refractivity contribution in [3.8, 4) is 0 Å². The van der Waals surface area contributed by atoms with Crippen molar-refractivity contribution in [3.63, 3.8) is 0 Å². The van der Waals surface area contributed by atoms with Crippen molar-refractivity contribution >= 4 is 5.97 Å². The molecule has 4 nitrogen and oxygen atoms in total. The number of nitrogens with zero attached hydrogens (tertiary/aromatic N) is 1. The van der Waals surface area contributed by atoms with Gasteiger partial charge in [0.1, 0.15) is 6.61 Å². The van der Waals surface area contributed by atoms with Gasteiger partial charge in [0.05, 0.1) is 6.61 Å². The highest BCUT2D eigenvalue weighted by Crippen LogP contribution is 2.54. The summed E-state index contributed by atoms with van der Waals surface area (Å²) in [5.41, 5.74) is 0.577. The van der Waals surface area contributed by atoms with Crippen LogP contribution in [-0.2, 0) is 9.53 Å². The number of hydrogen-bond acceptors (Lipinski definition) is 3. The number of carboxylic acid groups (broad SMARTS) is 1. The zero-order valence-electron chi connectivity index (χ0n) is 9.24. The number of rotatable bonds is 5. The molecule has 0 aromatic carbocycles. The molecule has 1 aliphatic heterocycles. The molecule has 1 atom stereocenters. The number of carboxylic acids is 1. The van der Waals surface area contributed by atoms with Gasteiger partial charge in [-0.15, -0.1) is 0 Å².